The number of carbonyl (C=O) groups excluding carboxylic acids is 3. The molecule has 9 heteroatoms. The van der Waals surface area contributed by atoms with Gasteiger partial charge in [0.15, 0.2) is 5.78 Å². The summed E-state index contributed by atoms with van der Waals surface area (Å²) in [6.45, 7) is 12.4. The normalized spacial score (nSPS) is 24.4. The maximum Gasteiger partial charge on any atom is 0.410 e. The van der Waals surface area contributed by atoms with Gasteiger partial charge in [0.05, 0.1) is 24.0 Å². The van der Waals surface area contributed by atoms with Crippen LogP contribution in [0, 0.1) is 5.92 Å². The van der Waals surface area contributed by atoms with Gasteiger partial charge in [0.1, 0.15) is 17.0 Å². The highest BCUT2D eigenvalue weighted by molar-refractivity contribution is 5.88. The number of rotatable bonds is 6. The van der Waals surface area contributed by atoms with Crippen LogP contribution < -0.4 is 0 Å². The largest absolute Gasteiger partial charge is 0.444 e. The van der Waals surface area contributed by atoms with Crippen LogP contribution in [0.4, 0.5) is 9.59 Å². The Balaban J connectivity index is 1.13. The van der Waals surface area contributed by atoms with Crippen molar-refractivity contribution in [3.05, 3.63) is 41.9 Å². The van der Waals surface area contributed by atoms with E-state index in [1.54, 1.807) is 9.80 Å². The third kappa shape index (κ3) is 6.98. The smallest absolute Gasteiger partial charge is 0.410 e. The molecule has 1 aliphatic carbocycles. The van der Waals surface area contributed by atoms with E-state index in [9.17, 15) is 14.4 Å². The molecule has 2 aliphatic heterocycles. The van der Waals surface area contributed by atoms with Crippen molar-refractivity contribution in [2.75, 3.05) is 13.1 Å². The van der Waals surface area contributed by atoms with Gasteiger partial charge in [-0.2, -0.15) is 0 Å². The van der Waals surface area contributed by atoms with Gasteiger partial charge in [-0.25, -0.2) is 14.6 Å². The number of aromatic nitrogens is 2. The number of hydrogen-bond acceptors (Lipinski definition) is 6. The monoisotopic (exact) mass is 578 g/mol. The summed E-state index contributed by atoms with van der Waals surface area (Å²) in [5, 5.41) is 0. The van der Waals surface area contributed by atoms with Crippen molar-refractivity contribution in [2.24, 2.45) is 5.92 Å². The minimum absolute atomic E-state index is 0.108. The number of aromatic amines is 1. The lowest BCUT2D eigenvalue weighted by atomic mass is 9.69. The molecule has 1 N–H and O–H groups in total. The quantitative estimate of drug-likeness (QED) is 0.396. The summed E-state index contributed by atoms with van der Waals surface area (Å²) < 4.78 is 11.1. The summed E-state index contributed by atoms with van der Waals surface area (Å²) in [6, 6.07) is 8.11. The van der Waals surface area contributed by atoms with Crippen LogP contribution in [0.3, 0.4) is 0 Å². The highest BCUT2D eigenvalue weighted by Crippen LogP contribution is 2.44. The van der Waals surface area contributed by atoms with Gasteiger partial charge < -0.3 is 14.5 Å². The molecule has 2 amide bonds. The molecule has 228 valence electrons. The minimum Gasteiger partial charge on any atom is -0.444 e. The molecule has 2 aromatic rings. The molecule has 0 unspecified atom stereocenters. The van der Waals surface area contributed by atoms with Crippen LogP contribution in [0.1, 0.15) is 110 Å². The van der Waals surface area contributed by atoms with Crippen molar-refractivity contribution < 1.29 is 23.9 Å². The van der Waals surface area contributed by atoms with Crippen molar-refractivity contribution in [1.29, 1.82) is 0 Å². The number of amides is 2. The first-order valence-electron chi connectivity index (χ1n) is 15.4. The molecular formula is C33H46N4O5. The van der Waals surface area contributed by atoms with E-state index in [4.69, 9.17) is 9.47 Å². The molecule has 5 rings (SSSR count). The fourth-order valence-corrected chi connectivity index (χ4v) is 6.41. The lowest BCUT2D eigenvalue weighted by Gasteiger charge is -2.36. The average Bonchev–Trinajstić information content (AvgIpc) is 3.64. The molecule has 1 aromatic carbocycles. The number of imidazole rings is 1. The Labute approximate surface area is 249 Å². The first kappa shape index (κ1) is 30.1. The van der Waals surface area contributed by atoms with Crippen molar-refractivity contribution in [2.45, 2.75) is 116 Å². The van der Waals surface area contributed by atoms with Crippen LogP contribution in [0.25, 0.3) is 11.3 Å². The zero-order chi connectivity index (χ0) is 30.2. The topological polar surface area (TPSA) is 105 Å². The molecule has 42 heavy (non-hydrogen) atoms. The van der Waals surface area contributed by atoms with E-state index in [2.05, 4.69) is 34.2 Å². The molecule has 9 nitrogen and oxygen atoms in total. The van der Waals surface area contributed by atoms with Crippen LogP contribution in [0.15, 0.2) is 30.5 Å². The summed E-state index contributed by atoms with van der Waals surface area (Å²) in [5.41, 5.74) is 2.16. The standard InChI is InChI=1S/C33H46N4O5/c1-32(2,3)41-30(39)36-15-7-9-26(36)28(38)19-21-17-24(18-21)22-11-13-23(14-12-22)25-20-34-29(35-25)27-10-8-16-37(27)31(40)42-33(4,5)6/h11-14,20-21,24,26-27H,7-10,15-19H2,1-6H3,(H,34,35)/t21?,24?,26-,27-/m0/s1. The predicted molar refractivity (Wildman–Crippen MR) is 160 cm³/mol. The van der Waals surface area contributed by atoms with Gasteiger partial charge in [-0.1, -0.05) is 24.3 Å². The molecule has 0 spiro atoms. The second-order valence-corrected chi connectivity index (χ2v) is 14.2. The zero-order valence-corrected chi connectivity index (χ0v) is 25.9. The lowest BCUT2D eigenvalue weighted by Crippen LogP contribution is -2.44. The first-order chi connectivity index (χ1) is 19.8. The molecule has 2 saturated heterocycles. The van der Waals surface area contributed by atoms with E-state index in [0.29, 0.717) is 31.3 Å². The molecular weight excluding hydrogens is 532 g/mol. The predicted octanol–water partition coefficient (Wildman–Crippen LogP) is 7.00. The number of nitrogens with one attached hydrogen (secondary N) is 1. The number of likely N-dealkylation sites (tertiary alicyclic amines) is 2. The van der Waals surface area contributed by atoms with Crippen molar-refractivity contribution >= 4 is 18.0 Å². The van der Waals surface area contributed by atoms with Crippen molar-refractivity contribution in [1.82, 2.24) is 19.8 Å². The number of nitrogens with zero attached hydrogens (tertiary/aromatic N) is 3. The number of ether oxygens (including phenoxy) is 2. The number of Topliss-reactive ketones (excluding diaryl/α,β-unsaturated/α-hetero) is 1. The molecule has 3 aliphatic rings. The number of hydrogen-bond donors (Lipinski definition) is 1. The van der Waals surface area contributed by atoms with Crippen LogP contribution in [0.2, 0.25) is 0 Å². The Hall–Kier alpha value is -3.36. The van der Waals surface area contributed by atoms with Gasteiger partial charge >= 0.3 is 12.2 Å². The second-order valence-electron chi connectivity index (χ2n) is 14.2. The van der Waals surface area contributed by atoms with Gasteiger partial charge in [0.25, 0.3) is 0 Å². The summed E-state index contributed by atoms with van der Waals surface area (Å²) in [4.78, 5) is 49.9. The fourth-order valence-electron chi connectivity index (χ4n) is 6.41. The van der Waals surface area contributed by atoms with Gasteiger partial charge in [0, 0.05) is 19.5 Å². The van der Waals surface area contributed by atoms with Gasteiger partial charge in [-0.15, -0.1) is 0 Å². The Kier molecular flexibility index (Phi) is 8.41. The Bertz CT molecular complexity index is 1280. The average molecular weight is 579 g/mol. The second kappa shape index (κ2) is 11.7. The summed E-state index contributed by atoms with van der Waals surface area (Å²) in [5.74, 6) is 1.76. The van der Waals surface area contributed by atoms with Crippen molar-refractivity contribution in [3.63, 3.8) is 0 Å². The SMILES string of the molecule is CC(C)(C)OC(=O)N1CCC[C@H]1C(=O)CC1CC(c2ccc(-c3cnc([C@@H]4CCCN4C(=O)OC(C)(C)C)[nH]3)cc2)C1. The number of carbonyl (C=O) groups is 3. The fraction of sp³-hybridized carbons (Fsp3) is 0.636. The first-order valence-corrected chi connectivity index (χ1v) is 15.4. The van der Waals surface area contributed by atoms with Gasteiger partial charge in [-0.05, 0) is 103 Å². The number of H-pyrrole nitrogens is 1. The Morgan fingerprint density at radius 1 is 0.881 bits per heavy atom. The van der Waals surface area contributed by atoms with E-state index in [0.717, 1.165) is 55.6 Å². The molecule has 1 saturated carbocycles. The number of ketones is 1. The van der Waals surface area contributed by atoms with E-state index in [1.807, 2.05) is 47.7 Å². The molecule has 0 bridgehead atoms. The molecule has 2 atom stereocenters. The molecule has 0 radical (unpaired) electrons. The minimum atomic E-state index is -0.567. The van der Waals surface area contributed by atoms with Crippen LogP contribution in [-0.4, -0.2) is 68.1 Å². The van der Waals surface area contributed by atoms with Crippen LogP contribution in [0.5, 0.6) is 0 Å². The maximum atomic E-state index is 13.1. The van der Waals surface area contributed by atoms with Crippen LogP contribution >= 0.6 is 0 Å². The maximum absolute atomic E-state index is 13.1. The highest BCUT2D eigenvalue weighted by Gasteiger charge is 2.40. The third-order valence-electron chi connectivity index (χ3n) is 8.46. The van der Waals surface area contributed by atoms with E-state index in [-0.39, 0.29) is 30.1 Å². The van der Waals surface area contributed by atoms with Crippen molar-refractivity contribution in [3.8, 4) is 11.3 Å². The Morgan fingerprint density at radius 3 is 2.12 bits per heavy atom. The van der Waals surface area contributed by atoms with Gasteiger partial charge in [0.2, 0.25) is 0 Å². The van der Waals surface area contributed by atoms with E-state index in [1.165, 1.54) is 5.56 Å². The lowest BCUT2D eigenvalue weighted by molar-refractivity contribution is -0.125. The van der Waals surface area contributed by atoms with Crippen LogP contribution in [-0.2, 0) is 14.3 Å². The molecule has 1 aromatic heterocycles. The number of benzene rings is 1. The van der Waals surface area contributed by atoms with Gasteiger partial charge in [-0.3, -0.25) is 14.6 Å². The Morgan fingerprint density at radius 2 is 1.48 bits per heavy atom. The summed E-state index contributed by atoms with van der Waals surface area (Å²) in [6.07, 6.45) is 7.01. The highest BCUT2D eigenvalue weighted by atomic mass is 16.6. The molecule has 3 fully saturated rings. The van der Waals surface area contributed by atoms with E-state index < -0.39 is 11.2 Å². The molecule has 3 heterocycles. The summed E-state index contributed by atoms with van der Waals surface area (Å²) >= 11 is 0. The third-order valence-corrected chi connectivity index (χ3v) is 8.46. The zero-order valence-electron chi connectivity index (χ0n) is 25.9. The van der Waals surface area contributed by atoms with E-state index >= 15 is 0 Å². The summed E-state index contributed by atoms with van der Waals surface area (Å²) in [7, 11) is 0.